The minimum Gasteiger partial charge on any atom is -0.744 e. The standard InChI is InChI=1S/C25H38O4S.Na/c1-3-4-5-6-7-8-9-10-11-12-13-14-16-21-19-20-22-23(25(21)29-2)17-15-18-24(22)30(26,27)28;/h15,17-20H,3-14,16H2,1-2H3,(H,26,27,28);/q;+1/p-1. The van der Waals surface area contributed by atoms with E-state index in [0.717, 1.165) is 18.4 Å². The summed E-state index contributed by atoms with van der Waals surface area (Å²) in [6.45, 7) is 2.26. The van der Waals surface area contributed by atoms with Crippen LogP contribution in [0.1, 0.15) is 89.5 Å². The van der Waals surface area contributed by atoms with Gasteiger partial charge < -0.3 is 9.29 Å². The van der Waals surface area contributed by atoms with Gasteiger partial charge in [0.25, 0.3) is 0 Å². The summed E-state index contributed by atoms with van der Waals surface area (Å²) in [7, 11) is -2.92. The molecule has 0 N–H and O–H groups in total. The molecule has 2 aromatic rings. The maximum Gasteiger partial charge on any atom is 1.00 e. The van der Waals surface area contributed by atoms with Gasteiger partial charge in [-0.1, -0.05) is 102 Å². The Labute approximate surface area is 211 Å². The van der Waals surface area contributed by atoms with Crippen LogP contribution in [0.4, 0.5) is 0 Å². The van der Waals surface area contributed by atoms with Crippen molar-refractivity contribution in [2.24, 2.45) is 0 Å². The van der Waals surface area contributed by atoms with Gasteiger partial charge in [0.2, 0.25) is 0 Å². The quantitative estimate of drug-likeness (QED) is 0.231. The molecule has 0 aliphatic heterocycles. The molecule has 2 aromatic carbocycles. The Hall–Kier alpha value is -0.590. The van der Waals surface area contributed by atoms with E-state index in [2.05, 4.69) is 6.92 Å². The van der Waals surface area contributed by atoms with Gasteiger partial charge in [-0.25, -0.2) is 8.42 Å². The molecule has 0 saturated carbocycles. The number of hydrogen-bond donors (Lipinski definition) is 0. The van der Waals surface area contributed by atoms with Gasteiger partial charge in [-0.2, -0.15) is 0 Å². The SMILES string of the molecule is CCCCCCCCCCCCCCc1ccc2c(S(=O)(=O)[O-])cccc2c1OC.[Na+]. The molecular formula is C25H37NaO4S. The number of fused-ring (bicyclic) bond motifs is 1. The van der Waals surface area contributed by atoms with Crippen LogP contribution in [0.3, 0.4) is 0 Å². The summed E-state index contributed by atoms with van der Waals surface area (Å²) in [6.07, 6.45) is 16.6. The Morgan fingerprint density at radius 1 is 0.774 bits per heavy atom. The van der Waals surface area contributed by atoms with Crippen molar-refractivity contribution in [3.05, 3.63) is 35.9 Å². The second-order valence-corrected chi connectivity index (χ2v) is 9.55. The van der Waals surface area contributed by atoms with Crippen LogP contribution in [0, 0.1) is 0 Å². The van der Waals surface area contributed by atoms with Gasteiger partial charge in [0, 0.05) is 10.8 Å². The van der Waals surface area contributed by atoms with Gasteiger partial charge in [0.15, 0.2) is 0 Å². The minimum atomic E-state index is -4.51. The molecule has 0 aliphatic carbocycles. The van der Waals surface area contributed by atoms with Crippen molar-refractivity contribution in [1.82, 2.24) is 0 Å². The van der Waals surface area contributed by atoms with Gasteiger partial charge in [0.05, 0.1) is 12.0 Å². The average Bonchev–Trinajstić information content (AvgIpc) is 2.73. The number of aryl methyl sites for hydroxylation is 1. The molecule has 0 aliphatic rings. The molecule has 168 valence electrons. The maximum atomic E-state index is 11.5. The summed E-state index contributed by atoms with van der Waals surface area (Å²) in [5, 5.41) is 1.12. The fourth-order valence-corrected chi connectivity index (χ4v) is 4.85. The summed E-state index contributed by atoms with van der Waals surface area (Å²) in [5.41, 5.74) is 1.07. The molecular weight excluding hydrogens is 419 g/mol. The van der Waals surface area contributed by atoms with Crippen molar-refractivity contribution in [1.29, 1.82) is 0 Å². The largest absolute Gasteiger partial charge is 1.00 e. The predicted octanol–water partition coefficient (Wildman–Crippen LogP) is 4.00. The van der Waals surface area contributed by atoms with Crippen molar-refractivity contribution in [3.8, 4) is 5.75 Å². The van der Waals surface area contributed by atoms with Gasteiger partial charge in [0.1, 0.15) is 15.9 Å². The smallest absolute Gasteiger partial charge is 0.744 e. The average molecular weight is 457 g/mol. The van der Waals surface area contributed by atoms with Crippen molar-refractivity contribution in [2.45, 2.75) is 95.3 Å². The predicted molar refractivity (Wildman–Crippen MR) is 123 cm³/mol. The molecule has 0 bridgehead atoms. The third kappa shape index (κ3) is 9.43. The van der Waals surface area contributed by atoms with Crippen LogP contribution in [-0.2, 0) is 16.5 Å². The molecule has 0 radical (unpaired) electrons. The fraction of sp³-hybridized carbons (Fsp3) is 0.600. The van der Waals surface area contributed by atoms with E-state index >= 15 is 0 Å². The van der Waals surface area contributed by atoms with Gasteiger partial charge in [-0.15, -0.1) is 0 Å². The van der Waals surface area contributed by atoms with Crippen LogP contribution in [0.25, 0.3) is 10.8 Å². The molecule has 0 fully saturated rings. The van der Waals surface area contributed by atoms with Crippen LogP contribution >= 0.6 is 0 Å². The van der Waals surface area contributed by atoms with E-state index in [1.807, 2.05) is 12.1 Å². The van der Waals surface area contributed by atoms with Gasteiger partial charge >= 0.3 is 29.6 Å². The Morgan fingerprint density at radius 2 is 1.32 bits per heavy atom. The topological polar surface area (TPSA) is 66.4 Å². The van der Waals surface area contributed by atoms with Gasteiger partial charge in [-0.3, -0.25) is 0 Å². The molecule has 0 atom stereocenters. The van der Waals surface area contributed by atoms with Crippen LogP contribution in [0.2, 0.25) is 0 Å². The van der Waals surface area contributed by atoms with E-state index in [1.54, 1.807) is 19.2 Å². The molecule has 6 heteroatoms. The van der Waals surface area contributed by atoms with E-state index in [4.69, 9.17) is 4.74 Å². The fourth-order valence-electron chi connectivity index (χ4n) is 4.16. The molecule has 0 heterocycles. The van der Waals surface area contributed by atoms with E-state index in [9.17, 15) is 13.0 Å². The summed E-state index contributed by atoms with van der Waals surface area (Å²) in [6, 6.07) is 8.40. The van der Waals surface area contributed by atoms with E-state index < -0.39 is 10.1 Å². The second-order valence-electron chi connectivity index (χ2n) is 8.20. The Kier molecular flexibility index (Phi) is 14.0. The van der Waals surface area contributed by atoms with Crippen molar-refractivity contribution in [3.63, 3.8) is 0 Å². The van der Waals surface area contributed by atoms with Gasteiger partial charge in [-0.05, 0) is 24.5 Å². The first kappa shape index (κ1) is 28.4. The number of methoxy groups -OCH3 is 1. The van der Waals surface area contributed by atoms with Crippen LogP contribution in [-0.4, -0.2) is 20.1 Å². The van der Waals surface area contributed by atoms with Crippen LogP contribution < -0.4 is 34.3 Å². The zero-order valence-electron chi connectivity index (χ0n) is 19.6. The first-order chi connectivity index (χ1) is 14.5. The van der Waals surface area contributed by atoms with Crippen molar-refractivity contribution < 1.29 is 47.3 Å². The summed E-state index contributed by atoms with van der Waals surface area (Å²) in [5.74, 6) is 0.682. The first-order valence-electron chi connectivity index (χ1n) is 11.5. The van der Waals surface area contributed by atoms with Crippen molar-refractivity contribution >= 4 is 20.9 Å². The maximum absolute atomic E-state index is 11.5. The Bertz CT molecular complexity index is 880. The summed E-state index contributed by atoms with van der Waals surface area (Å²) >= 11 is 0. The third-order valence-corrected chi connectivity index (χ3v) is 6.72. The number of ether oxygens (including phenoxy) is 1. The molecule has 31 heavy (non-hydrogen) atoms. The molecule has 0 saturated heterocycles. The van der Waals surface area contributed by atoms with Crippen LogP contribution in [0.15, 0.2) is 35.2 Å². The normalized spacial score (nSPS) is 11.5. The molecule has 0 spiro atoms. The van der Waals surface area contributed by atoms with E-state index in [1.165, 1.54) is 76.7 Å². The molecule has 2 rings (SSSR count). The Balaban J connectivity index is 0.00000480. The Morgan fingerprint density at radius 3 is 1.84 bits per heavy atom. The number of hydrogen-bond acceptors (Lipinski definition) is 4. The van der Waals surface area contributed by atoms with Crippen molar-refractivity contribution in [2.75, 3.05) is 7.11 Å². The molecule has 0 amide bonds. The zero-order valence-corrected chi connectivity index (χ0v) is 22.4. The monoisotopic (exact) mass is 456 g/mol. The molecule has 0 aromatic heterocycles. The first-order valence-corrected chi connectivity index (χ1v) is 12.9. The molecule has 0 unspecified atom stereocenters. The molecule has 4 nitrogen and oxygen atoms in total. The van der Waals surface area contributed by atoms with Crippen LogP contribution in [0.5, 0.6) is 5.75 Å². The number of unbranched alkanes of at least 4 members (excludes halogenated alkanes) is 11. The van der Waals surface area contributed by atoms with E-state index in [0.29, 0.717) is 16.5 Å². The number of benzene rings is 2. The third-order valence-electron chi connectivity index (χ3n) is 5.83. The minimum absolute atomic E-state index is 0. The zero-order chi connectivity index (χ0) is 21.8. The second kappa shape index (κ2) is 15.3. The number of rotatable bonds is 15. The summed E-state index contributed by atoms with van der Waals surface area (Å²) in [4.78, 5) is -0.185. The van der Waals surface area contributed by atoms with E-state index in [-0.39, 0.29) is 34.5 Å². The summed E-state index contributed by atoms with van der Waals surface area (Å²) < 4.78 is 40.2.